The summed E-state index contributed by atoms with van der Waals surface area (Å²) < 4.78 is 0. The normalized spacial score (nSPS) is 10.5. The van der Waals surface area contributed by atoms with Gasteiger partial charge >= 0.3 is 0 Å². The van der Waals surface area contributed by atoms with Crippen molar-refractivity contribution in [1.82, 2.24) is 9.97 Å². The van der Waals surface area contributed by atoms with Crippen molar-refractivity contribution in [2.75, 3.05) is 23.7 Å². The third-order valence-corrected chi connectivity index (χ3v) is 3.45. The van der Waals surface area contributed by atoms with Gasteiger partial charge in [-0.05, 0) is 25.3 Å². The monoisotopic (exact) mass is 248 g/mol. The average molecular weight is 248 g/mol. The zero-order valence-electron chi connectivity index (χ0n) is 10.1. The maximum atomic E-state index is 5.84. The van der Waals surface area contributed by atoms with Crippen molar-refractivity contribution in [3.63, 3.8) is 0 Å². The minimum Gasteiger partial charge on any atom is -0.384 e. The quantitative estimate of drug-likeness (QED) is 0.903. The minimum atomic E-state index is 0.519. The van der Waals surface area contributed by atoms with Gasteiger partial charge in [-0.15, -0.1) is 11.3 Å². The lowest BCUT2D eigenvalue weighted by Crippen LogP contribution is -2.24. The van der Waals surface area contributed by atoms with E-state index in [4.69, 9.17) is 5.73 Å². The van der Waals surface area contributed by atoms with Crippen molar-refractivity contribution in [3.05, 3.63) is 23.6 Å². The molecule has 0 amide bonds. The molecule has 0 atom stereocenters. The number of nitrogens with two attached hydrogens (primary N) is 1. The smallest absolute Gasteiger partial charge is 0.227 e. The largest absolute Gasteiger partial charge is 0.384 e. The van der Waals surface area contributed by atoms with Crippen LogP contribution in [0.15, 0.2) is 23.6 Å². The number of aromatic nitrogens is 2. The zero-order valence-corrected chi connectivity index (χ0v) is 10.9. The van der Waals surface area contributed by atoms with Crippen LogP contribution in [-0.2, 0) is 0 Å². The maximum absolute atomic E-state index is 5.84. The van der Waals surface area contributed by atoms with Crippen molar-refractivity contribution in [1.29, 1.82) is 0 Å². The topological polar surface area (TPSA) is 55.0 Å². The first-order chi connectivity index (χ1) is 8.24. The van der Waals surface area contributed by atoms with E-state index in [0.717, 1.165) is 23.7 Å². The van der Waals surface area contributed by atoms with Crippen LogP contribution in [0.25, 0.3) is 10.6 Å². The lowest BCUT2D eigenvalue weighted by molar-refractivity contribution is 0.824. The summed E-state index contributed by atoms with van der Waals surface area (Å²) in [6.45, 7) is 5.93. The van der Waals surface area contributed by atoms with Gasteiger partial charge in [-0.1, -0.05) is 6.07 Å². The van der Waals surface area contributed by atoms with Crippen LogP contribution in [0.1, 0.15) is 13.8 Å². The fraction of sp³-hybridized carbons (Fsp3) is 0.333. The Labute approximate surface area is 105 Å². The summed E-state index contributed by atoms with van der Waals surface area (Å²) in [6.07, 6.45) is 0. The number of anilines is 2. The second-order valence-electron chi connectivity index (χ2n) is 3.63. The molecule has 2 aromatic heterocycles. The van der Waals surface area contributed by atoms with Crippen molar-refractivity contribution in [2.45, 2.75) is 13.8 Å². The van der Waals surface area contributed by atoms with Crippen LogP contribution in [-0.4, -0.2) is 23.1 Å². The van der Waals surface area contributed by atoms with Crippen molar-refractivity contribution in [3.8, 4) is 10.6 Å². The maximum Gasteiger partial charge on any atom is 0.227 e. The second-order valence-corrected chi connectivity index (χ2v) is 4.58. The highest BCUT2D eigenvalue weighted by Crippen LogP contribution is 2.25. The summed E-state index contributed by atoms with van der Waals surface area (Å²) in [7, 11) is 0. The van der Waals surface area contributed by atoms with Gasteiger partial charge in [0.1, 0.15) is 5.82 Å². The number of hydrogen-bond acceptors (Lipinski definition) is 5. The lowest BCUT2D eigenvalue weighted by Gasteiger charge is -2.19. The first-order valence-electron chi connectivity index (χ1n) is 5.68. The van der Waals surface area contributed by atoms with E-state index in [-0.39, 0.29) is 0 Å². The highest BCUT2D eigenvalue weighted by molar-refractivity contribution is 7.13. The van der Waals surface area contributed by atoms with E-state index >= 15 is 0 Å². The Hall–Kier alpha value is -1.62. The van der Waals surface area contributed by atoms with E-state index in [1.807, 2.05) is 23.6 Å². The Kier molecular flexibility index (Phi) is 3.58. The molecule has 0 aliphatic carbocycles. The third-order valence-electron chi connectivity index (χ3n) is 2.55. The average Bonchev–Trinajstić information content (AvgIpc) is 2.83. The molecule has 2 rings (SSSR count). The van der Waals surface area contributed by atoms with Crippen LogP contribution in [0, 0.1) is 0 Å². The van der Waals surface area contributed by atoms with Crippen molar-refractivity contribution in [2.24, 2.45) is 0 Å². The molecule has 0 radical (unpaired) electrons. The molecule has 5 heteroatoms. The molecule has 0 aliphatic heterocycles. The van der Waals surface area contributed by atoms with E-state index < -0.39 is 0 Å². The van der Waals surface area contributed by atoms with Gasteiger partial charge in [0, 0.05) is 19.2 Å². The summed E-state index contributed by atoms with van der Waals surface area (Å²) in [6, 6.07) is 5.87. The van der Waals surface area contributed by atoms with Crippen LogP contribution >= 0.6 is 11.3 Å². The molecule has 17 heavy (non-hydrogen) atoms. The first kappa shape index (κ1) is 11.9. The molecule has 2 aromatic rings. The number of nitrogen functional groups attached to an aromatic ring is 1. The van der Waals surface area contributed by atoms with E-state index in [1.54, 1.807) is 11.3 Å². The number of nitrogens with zero attached hydrogens (tertiary/aromatic N) is 3. The van der Waals surface area contributed by atoms with Gasteiger partial charge in [-0.25, -0.2) is 4.98 Å². The molecule has 90 valence electrons. The highest BCUT2D eigenvalue weighted by Gasteiger charge is 2.09. The van der Waals surface area contributed by atoms with Crippen LogP contribution in [0.4, 0.5) is 11.8 Å². The molecule has 0 spiro atoms. The number of hydrogen-bond donors (Lipinski definition) is 1. The third kappa shape index (κ3) is 2.55. The summed E-state index contributed by atoms with van der Waals surface area (Å²) in [5.74, 6) is 1.23. The molecule has 0 aliphatic rings. The van der Waals surface area contributed by atoms with Crippen LogP contribution in [0.5, 0.6) is 0 Å². The molecule has 0 saturated carbocycles. The minimum absolute atomic E-state index is 0.519. The molecular weight excluding hydrogens is 232 g/mol. The van der Waals surface area contributed by atoms with Gasteiger partial charge in [0.15, 0.2) is 0 Å². The molecular formula is C12H16N4S. The molecule has 0 saturated heterocycles. The molecule has 2 heterocycles. The van der Waals surface area contributed by atoms with Gasteiger partial charge in [0.25, 0.3) is 0 Å². The second kappa shape index (κ2) is 5.14. The van der Waals surface area contributed by atoms with Gasteiger partial charge in [-0.2, -0.15) is 4.98 Å². The van der Waals surface area contributed by atoms with Crippen molar-refractivity contribution >= 4 is 23.1 Å². The molecule has 4 nitrogen and oxygen atoms in total. The van der Waals surface area contributed by atoms with E-state index in [9.17, 15) is 0 Å². The van der Waals surface area contributed by atoms with Crippen LogP contribution in [0.3, 0.4) is 0 Å². The van der Waals surface area contributed by atoms with Gasteiger partial charge in [0.05, 0.1) is 10.6 Å². The van der Waals surface area contributed by atoms with Crippen LogP contribution in [0.2, 0.25) is 0 Å². The van der Waals surface area contributed by atoms with E-state index in [1.165, 1.54) is 0 Å². The Morgan fingerprint density at radius 2 is 2.06 bits per heavy atom. The van der Waals surface area contributed by atoms with E-state index in [0.29, 0.717) is 11.8 Å². The molecule has 0 aromatic carbocycles. The lowest BCUT2D eigenvalue weighted by atomic mass is 10.3. The molecule has 0 unspecified atom stereocenters. The van der Waals surface area contributed by atoms with Gasteiger partial charge < -0.3 is 10.6 Å². The molecule has 2 N–H and O–H groups in total. The predicted octanol–water partition coefficient (Wildman–Crippen LogP) is 2.63. The fourth-order valence-electron chi connectivity index (χ4n) is 1.65. The Bertz CT molecular complexity index is 477. The van der Waals surface area contributed by atoms with Crippen molar-refractivity contribution < 1.29 is 0 Å². The molecule has 0 bridgehead atoms. The Morgan fingerprint density at radius 1 is 1.29 bits per heavy atom. The summed E-state index contributed by atoms with van der Waals surface area (Å²) in [5.41, 5.74) is 6.74. The standard InChI is InChI=1S/C12H16N4S/c1-3-16(4-2)12-14-9(8-11(13)15-12)10-6-5-7-17-10/h5-8H,3-4H2,1-2H3,(H2,13,14,15). The fourth-order valence-corrected chi connectivity index (χ4v) is 2.34. The van der Waals surface area contributed by atoms with E-state index in [2.05, 4.69) is 28.7 Å². The Morgan fingerprint density at radius 3 is 2.65 bits per heavy atom. The summed E-state index contributed by atoms with van der Waals surface area (Å²) in [5, 5.41) is 2.03. The molecule has 0 fully saturated rings. The number of thiophene rings is 1. The number of rotatable bonds is 4. The summed E-state index contributed by atoms with van der Waals surface area (Å²) in [4.78, 5) is 12.1. The zero-order chi connectivity index (χ0) is 12.3. The van der Waals surface area contributed by atoms with Crippen LogP contribution < -0.4 is 10.6 Å². The highest BCUT2D eigenvalue weighted by atomic mass is 32.1. The van der Waals surface area contributed by atoms with Gasteiger partial charge in [-0.3, -0.25) is 0 Å². The first-order valence-corrected chi connectivity index (χ1v) is 6.56. The summed E-state index contributed by atoms with van der Waals surface area (Å²) >= 11 is 1.66. The SMILES string of the molecule is CCN(CC)c1nc(N)cc(-c2cccs2)n1. The van der Waals surface area contributed by atoms with Gasteiger partial charge in [0.2, 0.25) is 5.95 Å². The Balaban J connectivity index is 2.42. The predicted molar refractivity (Wildman–Crippen MR) is 73.3 cm³/mol.